The van der Waals surface area contributed by atoms with Gasteiger partial charge in [0.15, 0.2) is 0 Å². The van der Waals surface area contributed by atoms with E-state index in [0.29, 0.717) is 0 Å². The Balaban J connectivity index is 2.83. The second-order valence-electron chi connectivity index (χ2n) is 3.16. The molecule has 68 valence electrons. The molecule has 0 radical (unpaired) electrons. The van der Waals surface area contributed by atoms with Crippen LogP contribution in [0.5, 0.6) is 0 Å². The van der Waals surface area contributed by atoms with E-state index in [1.165, 1.54) is 24.1 Å². The molecule has 0 bridgehead atoms. The molecule has 0 N–H and O–H groups in total. The van der Waals surface area contributed by atoms with Gasteiger partial charge in [-0.15, -0.1) is 11.3 Å². The van der Waals surface area contributed by atoms with Crippen LogP contribution in [0.2, 0.25) is 0 Å². The molecule has 0 nitrogen and oxygen atoms in total. The molecule has 2 rings (SSSR count). The van der Waals surface area contributed by atoms with Crippen LogP contribution in [-0.4, -0.2) is 0 Å². The number of benzene rings is 1. The van der Waals surface area contributed by atoms with E-state index in [2.05, 4.69) is 54.6 Å². The van der Waals surface area contributed by atoms with Crippen LogP contribution in [-0.2, 0) is 6.42 Å². The Kier molecular flexibility index (Phi) is 2.60. The van der Waals surface area contributed by atoms with Crippen LogP contribution in [0.15, 0.2) is 18.2 Å². The van der Waals surface area contributed by atoms with Crippen molar-refractivity contribution in [2.45, 2.75) is 20.3 Å². The summed E-state index contributed by atoms with van der Waals surface area (Å²) in [6, 6.07) is 6.76. The van der Waals surface area contributed by atoms with Crippen LogP contribution in [0, 0.1) is 10.5 Å². The zero-order valence-electron chi connectivity index (χ0n) is 7.73. The van der Waals surface area contributed by atoms with Crippen LogP contribution in [0.1, 0.15) is 17.4 Å². The molecule has 0 saturated carbocycles. The molecule has 13 heavy (non-hydrogen) atoms. The Morgan fingerprint density at radius 3 is 2.85 bits per heavy atom. The average molecular weight is 302 g/mol. The summed E-state index contributed by atoms with van der Waals surface area (Å²) in [4.78, 5) is 1.41. The number of thiophene rings is 1. The van der Waals surface area contributed by atoms with Gasteiger partial charge >= 0.3 is 0 Å². The lowest BCUT2D eigenvalue weighted by molar-refractivity contribution is 1.16. The van der Waals surface area contributed by atoms with Gasteiger partial charge in [-0.25, -0.2) is 0 Å². The van der Waals surface area contributed by atoms with E-state index in [0.717, 1.165) is 6.42 Å². The second-order valence-corrected chi connectivity index (χ2v) is 5.58. The first-order chi connectivity index (χ1) is 6.22. The molecule has 2 heteroatoms. The molecule has 0 spiro atoms. The molecule has 0 aliphatic heterocycles. The smallest absolute Gasteiger partial charge is 0.0388 e. The maximum Gasteiger partial charge on any atom is 0.0388 e. The van der Waals surface area contributed by atoms with Gasteiger partial charge in [-0.3, -0.25) is 0 Å². The average Bonchev–Trinajstić information content (AvgIpc) is 2.48. The summed E-state index contributed by atoms with van der Waals surface area (Å²) in [5, 5.41) is 1.43. The Bertz CT molecular complexity index is 443. The molecule has 0 saturated heterocycles. The molecule has 1 aromatic carbocycles. The third-order valence-electron chi connectivity index (χ3n) is 2.22. The largest absolute Gasteiger partial charge is 0.140 e. The highest BCUT2D eigenvalue weighted by Gasteiger charge is 2.05. The van der Waals surface area contributed by atoms with E-state index < -0.39 is 0 Å². The first kappa shape index (κ1) is 9.46. The summed E-state index contributed by atoms with van der Waals surface area (Å²) in [5.41, 5.74) is 1.48. The Morgan fingerprint density at radius 1 is 1.38 bits per heavy atom. The molecule has 0 aliphatic carbocycles. The first-order valence-corrected chi connectivity index (χ1v) is 6.29. The fourth-order valence-corrected chi connectivity index (χ4v) is 3.46. The molecule has 0 fully saturated rings. The number of halogens is 1. The van der Waals surface area contributed by atoms with Crippen molar-refractivity contribution in [2.75, 3.05) is 0 Å². The summed E-state index contributed by atoms with van der Waals surface area (Å²) < 4.78 is 2.85. The zero-order valence-corrected chi connectivity index (χ0v) is 10.7. The number of fused-ring (bicyclic) bond motifs is 1. The van der Waals surface area contributed by atoms with E-state index in [9.17, 15) is 0 Å². The van der Waals surface area contributed by atoms with Gasteiger partial charge in [0.1, 0.15) is 0 Å². The lowest BCUT2D eigenvalue weighted by Gasteiger charge is -1.99. The van der Waals surface area contributed by atoms with E-state index >= 15 is 0 Å². The summed E-state index contributed by atoms with van der Waals surface area (Å²) >= 11 is 4.32. The Labute approximate surface area is 96.1 Å². The SMILES string of the molecule is CCc1ccc(I)c2cc(C)sc12. The monoisotopic (exact) mass is 302 g/mol. The van der Waals surface area contributed by atoms with Crippen LogP contribution in [0.3, 0.4) is 0 Å². The predicted octanol–water partition coefficient (Wildman–Crippen LogP) is 4.38. The number of aryl methyl sites for hydroxylation is 2. The quantitative estimate of drug-likeness (QED) is 0.686. The van der Waals surface area contributed by atoms with Gasteiger partial charge in [0.25, 0.3) is 0 Å². The van der Waals surface area contributed by atoms with Gasteiger partial charge in [0.2, 0.25) is 0 Å². The van der Waals surface area contributed by atoms with E-state index in [1.54, 1.807) is 0 Å². The van der Waals surface area contributed by atoms with Crippen molar-refractivity contribution in [3.63, 3.8) is 0 Å². The van der Waals surface area contributed by atoms with Gasteiger partial charge in [0.05, 0.1) is 0 Å². The second kappa shape index (κ2) is 3.58. The zero-order chi connectivity index (χ0) is 9.42. The van der Waals surface area contributed by atoms with Crippen molar-refractivity contribution in [3.05, 3.63) is 32.2 Å². The molecule has 0 amide bonds. The van der Waals surface area contributed by atoms with Crippen LogP contribution in [0.25, 0.3) is 10.1 Å². The van der Waals surface area contributed by atoms with Crippen molar-refractivity contribution in [1.82, 2.24) is 0 Å². The molecular formula is C11H11IS. The third kappa shape index (κ3) is 1.62. The van der Waals surface area contributed by atoms with E-state index in [4.69, 9.17) is 0 Å². The highest BCUT2D eigenvalue weighted by molar-refractivity contribution is 14.1. The number of rotatable bonds is 1. The molecular weight excluding hydrogens is 291 g/mol. The standard InChI is InChI=1S/C11H11IS/c1-3-8-4-5-10(12)9-6-7(2)13-11(8)9/h4-6H,3H2,1-2H3. The molecule has 2 aromatic rings. The van der Waals surface area contributed by atoms with Gasteiger partial charge in [-0.05, 0) is 53.6 Å². The van der Waals surface area contributed by atoms with Gasteiger partial charge < -0.3 is 0 Å². The summed E-state index contributed by atoms with van der Waals surface area (Å²) in [6.45, 7) is 4.40. The van der Waals surface area contributed by atoms with Crippen molar-refractivity contribution < 1.29 is 0 Å². The Hall–Kier alpha value is -0.0900. The highest BCUT2D eigenvalue weighted by Crippen LogP contribution is 2.31. The minimum Gasteiger partial charge on any atom is -0.140 e. The van der Waals surface area contributed by atoms with Crippen molar-refractivity contribution in [1.29, 1.82) is 0 Å². The molecule has 0 unspecified atom stereocenters. The Morgan fingerprint density at radius 2 is 2.15 bits per heavy atom. The van der Waals surface area contributed by atoms with Gasteiger partial charge in [-0.2, -0.15) is 0 Å². The lowest BCUT2D eigenvalue weighted by Crippen LogP contribution is -1.81. The lowest BCUT2D eigenvalue weighted by atomic mass is 10.1. The van der Waals surface area contributed by atoms with E-state index in [1.807, 2.05) is 11.3 Å². The predicted molar refractivity (Wildman–Crippen MR) is 68.7 cm³/mol. The minimum absolute atomic E-state index is 1.13. The number of hydrogen-bond donors (Lipinski definition) is 0. The minimum atomic E-state index is 1.13. The normalized spacial score (nSPS) is 11.0. The maximum absolute atomic E-state index is 2.41. The third-order valence-corrected chi connectivity index (χ3v) is 4.28. The topological polar surface area (TPSA) is 0 Å². The van der Waals surface area contributed by atoms with Crippen LogP contribution >= 0.6 is 33.9 Å². The van der Waals surface area contributed by atoms with E-state index in [-0.39, 0.29) is 0 Å². The fourth-order valence-electron chi connectivity index (χ4n) is 1.55. The maximum atomic E-state index is 2.41. The van der Waals surface area contributed by atoms with Crippen molar-refractivity contribution in [2.24, 2.45) is 0 Å². The summed E-state index contributed by atoms with van der Waals surface area (Å²) in [6.07, 6.45) is 1.13. The fraction of sp³-hybridized carbons (Fsp3) is 0.273. The van der Waals surface area contributed by atoms with Crippen molar-refractivity contribution >= 4 is 44.0 Å². The molecule has 1 aromatic heterocycles. The van der Waals surface area contributed by atoms with Gasteiger partial charge in [-0.1, -0.05) is 13.0 Å². The van der Waals surface area contributed by atoms with Crippen LogP contribution in [0.4, 0.5) is 0 Å². The first-order valence-electron chi connectivity index (χ1n) is 4.40. The summed E-state index contributed by atoms with van der Waals surface area (Å²) in [7, 11) is 0. The van der Waals surface area contributed by atoms with Gasteiger partial charge in [0, 0.05) is 18.5 Å². The number of hydrogen-bond acceptors (Lipinski definition) is 1. The highest BCUT2D eigenvalue weighted by atomic mass is 127. The summed E-state index contributed by atoms with van der Waals surface area (Å²) in [5.74, 6) is 0. The molecule has 0 atom stereocenters. The molecule has 1 heterocycles. The van der Waals surface area contributed by atoms with Crippen LogP contribution < -0.4 is 0 Å². The van der Waals surface area contributed by atoms with Crippen molar-refractivity contribution in [3.8, 4) is 0 Å². The molecule has 0 aliphatic rings.